The molecule has 6 rings (SSSR count). The van der Waals surface area contributed by atoms with Crippen molar-refractivity contribution in [3.05, 3.63) is 82.4 Å². The average Bonchev–Trinajstić information content (AvgIpc) is 3.73. The molecule has 0 bridgehead atoms. The van der Waals surface area contributed by atoms with Crippen LogP contribution in [0.2, 0.25) is 0 Å². The molecule has 42 heavy (non-hydrogen) atoms. The van der Waals surface area contributed by atoms with Crippen molar-refractivity contribution in [1.82, 2.24) is 9.88 Å². The van der Waals surface area contributed by atoms with Crippen molar-refractivity contribution < 1.29 is 23.8 Å². The molecule has 0 radical (unpaired) electrons. The third-order valence-electron chi connectivity index (χ3n) is 9.49. The lowest BCUT2D eigenvalue weighted by molar-refractivity contribution is -0.142. The Morgan fingerprint density at radius 1 is 1.14 bits per heavy atom. The Bertz CT molecular complexity index is 1450. The molecule has 2 aliphatic heterocycles. The lowest BCUT2D eigenvalue weighted by Crippen LogP contribution is -2.32. The predicted octanol–water partition coefficient (Wildman–Crippen LogP) is 7.09. The molecule has 7 heteroatoms. The van der Waals surface area contributed by atoms with Crippen molar-refractivity contribution in [2.24, 2.45) is 11.8 Å². The Hall–Kier alpha value is -3.29. The van der Waals surface area contributed by atoms with E-state index in [1.54, 1.807) is 7.11 Å². The number of carboxylic acid groups (broad SMARTS) is 1. The summed E-state index contributed by atoms with van der Waals surface area (Å²) in [5, 5.41) is 9.76. The van der Waals surface area contributed by atoms with E-state index in [0.29, 0.717) is 30.7 Å². The number of carboxylic acids is 1. The molecule has 3 heterocycles. The van der Waals surface area contributed by atoms with Crippen molar-refractivity contribution in [2.45, 2.75) is 77.0 Å². The SMILES string of the molecule is COC[C@H]1CCCN1Cc1cc(C2CCc3ccc([C@H](C4CC4)[C@H](C)C(=O)O)cc3O2)ccc1-c1cc(C)ncc1F. The van der Waals surface area contributed by atoms with Crippen LogP contribution in [0.25, 0.3) is 11.1 Å². The third-order valence-corrected chi connectivity index (χ3v) is 9.49. The molecule has 1 saturated heterocycles. The van der Waals surface area contributed by atoms with Crippen LogP contribution in [0.3, 0.4) is 0 Å². The van der Waals surface area contributed by atoms with Gasteiger partial charge in [0.05, 0.1) is 18.7 Å². The first kappa shape index (κ1) is 28.8. The number of likely N-dealkylation sites (tertiary alicyclic amines) is 1. The fourth-order valence-electron chi connectivity index (χ4n) is 7.07. The minimum Gasteiger partial charge on any atom is -0.485 e. The summed E-state index contributed by atoms with van der Waals surface area (Å²) in [6.45, 7) is 6.09. The number of ether oxygens (including phenoxy) is 2. The van der Waals surface area contributed by atoms with E-state index >= 15 is 4.39 Å². The quantitative estimate of drug-likeness (QED) is 0.280. The Labute approximate surface area is 247 Å². The van der Waals surface area contributed by atoms with Crippen molar-refractivity contribution >= 4 is 5.97 Å². The van der Waals surface area contributed by atoms with Crippen molar-refractivity contribution in [3.63, 3.8) is 0 Å². The van der Waals surface area contributed by atoms with Crippen LogP contribution in [0, 0.1) is 24.6 Å². The maximum absolute atomic E-state index is 15.1. The smallest absolute Gasteiger partial charge is 0.306 e. The van der Waals surface area contributed by atoms with Gasteiger partial charge in [0, 0.05) is 31.0 Å². The van der Waals surface area contributed by atoms with Crippen LogP contribution < -0.4 is 4.74 Å². The summed E-state index contributed by atoms with van der Waals surface area (Å²) >= 11 is 0. The second kappa shape index (κ2) is 12.1. The molecule has 1 N–H and O–H groups in total. The summed E-state index contributed by atoms with van der Waals surface area (Å²) in [5.41, 5.74) is 6.62. The zero-order valence-corrected chi connectivity index (χ0v) is 24.8. The van der Waals surface area contributed by atoms with Crippen LogP contribution in [-0.2, 0) is 22.5 Å². The van der Waals surface area contributed by atoms with Gasteiger partial charge in [-0.2, -0.15) is 0 Å². The number of aryl methyl sites for hydroxylation is 2. The highest BCUT2D eigenvalue weighted by Crippen LogP contribution is 2.48. The number of pyridine rings is 1. The van der Waals surface area contributed by atoms with Crippen LogP contribution in [0.4, 0.5) is 4.39 Å². The molecule has 1 aromatic heterocycles. The fourth-order valence-corrected chi connectivity index (χ4v) is 7.07. The second-order valence-electron chi connectivity index (χ2n) is 12.4. The summed E-state index contributed by atoms with van der Waals surface area (Å²) in [6.07, 6.45) is 7.30. The van der Waals surface area contributed by atoms with Crippen LogP contribution >= 0.6 is 0 Å². The normalized spacial score (nSPS) is 21.9. The van der Waals surface area contributed by atoms with Gasteiger partial charge in [-0.15, -0.1) is 0 Å². The molecular formula is C35H41FN2O4. The molecule has 2 fully saturated rings. The van der Waals surface area contributed by atoms with Gasteiger partial charge in [0.1, 0.15) is 17.7 Å². The largest absolute Gasteiger partial charge is 0.485 e. The summed E-state index contributed by atoms with van der Waals surface area (Å²) in [6, 6.07) is 14.8. The maximum atomic E-state index is 15.1. The van der Waals surface area contributed by atoms with E-state index in [9.17, 15) is 9.90 Å². The van der Waals surface area contributed by atoms with Crippen molar-refractivity contribution in [3.8, 4) is 16.9 Å². The van der Waals surface area contributed by atoms with E-state index < -0.39 is 11.9 Å². The van der Waals surface area contributed by atoms with Crippen LogP contribution in [-0.4, -0.2) is 47.3 Å². The number of hydrogen-bond acceptors (Lipinski definition) is 5. The van der Waals surface area contributed by atoms with E-state index in [2.05, 4.69) is 40.2 Å². The third kappa shape index (κ3) is 5.95. The molecule has 0 amide bonds. The first-order chi connectivity index (χ1) is 20.3. The Kier molecular flexibility index (Phi) is 8.33. The summed E-state index contributed by atoms with van der Waals surface area (Å²) in [5.74, 6) is -0.221. The number of nitrogens with zero attached hydrogens (tertiary/aromatic N) is 2. The Balaban J connectivity index is 1.32. The highest BCUT2D eigenvalue weighted by molar-refractivity contribution is 5.71. The molecular weight excluding hydrogens is 531 g/mol. The van der Waals surface area contributed by atoms with Crippen molar-refractivity contribution in [1.29, 1.82) is 0 Å². The number of rotatable bonds is 10. The molecule has 1 saturated carbocycles. The van der Waals surface area contributed by atoms with Crippen molar-refractivity contribution in [2.75, 3.05) is 20.3 Å². The molecule has 2 aromatic carbocycles. The molecule has 6 nitrogen and oxygen atoms in total. The number of hydrogen-bond donors (Lipinski definition) is 1. The van der Waals surface area contributed by atoms with Crippen LogP contribution in [0.5, 0.6) is 5.75 Å². The topological polar surface area (TPSA) is 71.9 Å². The van der Waals surface area contributed by atoms with E-state index in [1.807, 2.05) is 26.0 Å². The number of methoxy groups -OCH3 is 1. The maximum Gasteiger partial charge on any atom is 0.306 e. The predicted molar refractivity (Wildman–Crippen MR) is 160 cm³/mol. The van der Waals surface area contributed by atoms with Gasteiger partial charge in [0.25, 0.3) is 0 Å². The zero-order valence-electron chi connectivity index (χ0n) is 24.8. The molecule has 0 spiro atoms. The van der Waals surface area contributed by atoms with E-state index in [0.717, 1.165) is 84.3 Å². The fraction of sp³-hybridized carbons (Fsp3) is 0.486. The molecule has 222 valence electrons. The van der Waals surface area contributed by atoms with E-state index in [4.69, 9.17) is 9.47 Å². The summed E-state index contributed by atoms with van der Waals surface area (Å²) in [7, 11) is 1.75. The van der Waals surface area contributed by atoms with Crippen LogP contribution in [0.15, 0.2) is 48.7 Å². The molecule has 1 unspecified atom stereocenters. The number of halogens is 1. The first-order valence-corrected chi connectivity index (χ1v) is 15.3. The van der Waals surface area contributed by atoms with E-state index in [1.165, 1.54) is 6.20 Å². The number of carbonyl (C=O) groups is 1. The van der Waals surface area contributed by atoms with Gasteiger partial charge >= 0.3 is 5.97 Å². The lowest BCUT2D eigenvalue weighted by atomic mass is 9.82. The van der Waals surface area contributed by atoms with Gasteiger partial charge in [0.15, 0.2) is 0 Å². The summed E-state index contributed by atoms with van der Waals surface area (Å²) < 4.78 is 27.2. The highest BCUT2D eigenvalue weighted by atomic mass is 19.1. The van der Waals surface area contributed by atoms with Gasteiger partial charge in [-0.1, -0.05) is 37.3 Å². The number of fused-ring (bicyclic) bond motifs is 1. The van der Waals surface area contributed by atoms with Gasteiger partial charge in [-0.05, 0) is 104 Å². The van der Waals surface area contributed by atoms with Gasteiger partial charge in [-0.3, -0.25) is 14.7 Å². The molecule has 3 aliphatic rings. The minimum atomic E-state index is -0.748. The standard InChI is InChI=1S/C35H41FN2O4/c1-21-15-30(31(36)18-37-21)29-12-10-25(16-27(29)19-38-14-4-5-28(38)20-41-3)32-13-11-23-6-9-26(17-33(23)42-32)34(24-7-8-24)22(2)35(39)40/h6,9-10,12,15-18,22,24,28,32,34H,4-5,7-8,11,13-14,19-20H2,1-3H3,(H,39,40)/t22-,28+,32?,34-/m0/s1. The van der Waals surface area contributed by atoms with Gasteiger partial charge in [-0.25, -0.2) is 4.39 Å². The monoisotopic (exact) mass is 572 g/mol. The van der Waals surface area contributed by atoms with Gasteiger partial charge < -0.3 is 14.6 Å². The Morgan fingerprint density at radius 2 is 1.98 bits per heavy atom. The molecule has 4 atom stereocenters. The zero-order chi connectivity index (χ0) is 29.4. The first-order valence-electron chi connectivity index (χ1n) is 15.3. The number of aliphatic carboxylic acids is 1. The highest BCUT2D eigenvalue weighted by Gasteiger charge is 2.39. The van der Waals surface area contributed by atoms with E-state index in [-0.39, 0.29) is 17.8 Å². The summed E-state index contributed by atoms with van der Waals surface area (Å²) in [4.78, 5) is 18.5. The minimum absolute atomic E-state index is 0.00175. The van der Waals surface area contributed by atoms with Crippen LogP contribution in [0.1, 0.15) is 79.0 Å². The second-order valence-corrected chi connectivity index (χ2v) is 12.4. The molecule has 3 aromatic rings. The lowest BCUT2D eigenvalue weighted by Gasteiger charge is -2.30. The average molecular weight is 573 g/mol. The molecule has 1 aliphatic carbocycles. The number of aromatic nitrogens is 1. The Morgan fingerprint density at radius 3 is 2.74 bits per heavy atom. The number of benzene rings is 2. The van der Waals surface area contributed by atoms with Gasteiger partial charge in [0.2, 0.25) is 0 Å².